The van der Waals surface area contributed by atoms with Crippen LogP contribution in [0.2, 0.25) is 0 Å². The number of thiophene rings is 1. The summed E-state index contributed by atoms with van der Waals surface area (Å²) in [6.45, 7) is 1.40. The molecule has 118 valence electrons. The third-order valence-corrected chi connectivity index (χ3v) is 5.50. The van der Waals surface area contributed by atoms with Gasteiger partial charge >= 0.3 is 5.97 Å². The van der Waals surface area contributed by atoms with Crippen LogP contribution in [0.25, 0.3) is 10.9 Å². The van der Waals surface area contributed by atoms with Crippen LogP contribution in [0.1, 0.15) is 22.8 Å². The number of cyclic esters (lactones) is 1. The summed E-state index contributed by atoms with van der Waals surface area (Å²) in [5, 5.41) is 5.51. The summed E-state index contributed by atoms with van der Waals surface area (Å²) >= 11 is 1.77. The van der Waals surface area contributed by atoms with Gasteiger partial charge in [-0.15, -0.1) is 11.3 Å². The molecule has 0 spiro atoms. The number of carbonyl (C=O) groups excluding carboxylic acids is 1. The van der Waals surface area contributed by atoms with E-state index in [0.717, 1.165) is 18.5 Å². The molecular weight excluding hydrogens is 308 g/mol. The van der Waals surface area contributed by atoms with Gasteiger partial charge in [0, 0.05) is 28.4 Å². The maximum absolute atomic E-state index is 11.7. The molecule has 23 heavy (non-hydrogen) atoms. The average molecular weight is 327 g/mol. The summed E-state index contributed by atoms with van der Waals surface area (Å²) in [6, 6.07) is 12.6. The second-order valence-corrected chi connectivity index (χ2v) is 6.87. The van der Waals surface area contributed by atoms with Gasteiger partial charge in [0.15, 0.2) is 6.04 Å². The molecule has 1 aliphatic rings. The number of ether oxygens (including phenoxy) is 1. The molecule has 5 heteroatoms. The van der Waals surface area contributed by atoms with Crippen LogP contribution in [0.3, 0.4) is 0 Å². The summed E-state index contributed by atoms with van der Waals surface area (Å²) in [6.07, 6.45) is 2.92. The van der Waals surface area contributed by atoms with Crippen LogP contribution in [0.4, 0.5) is 0 Å². The molecule has 2 aromatic heterocycles. The minimum absolute atomic E-state index is 0.0531. The van der Waals surface area contributed by atoms with Crippen molar-refractivity contribution < 1.29 is 14.8 Å². The van der Waals surface area contributed by atoms with Gasteiger partial charge in [-0.2, -0.15) is 0 Å². The molecule has 1 aromatic carbocycles. The van der Waals surface area contributed by atoms with Crippen molar-refractivity contribution in [1.29, 1.82) is 0 Å². The fourth-order valence-corrected chi connectivity index (χ4v) is 4.15. The molecular formula is C18H19N2O2S+. The first-order valence-electron chi connectivity index (χ1n) is 7.92. The molecule has 1 aliphatic heterocycles. The van der Waals surface area contributed by atoms with E-state index < -0.39 is 0 Å². The van der Waals surface area contributed by atoms with Gasteiger partial charge < -0.3 is 15.0 Å². The molecule has 0 unspecified atom stereocenters. The van der Waals surface area contributed by atoms with E-state index in [-0.39, 0.29) is 17.9 Å². The first-order chi connectivity index (χ1) is 11.3. The zero-order chi connectivity index (χ0) is 15.6. The fraction of sp³-hybridized carbons (Fsp3) is 0.278. The SMILES string of the molecule is O=C1OCC[C@@H]1[NH2+]C[C@@H](c1cccs1)c1c[nH]c2ccccc12. The van der Waals surface area contributed by atoms with Gasteiger partial charge in [-0.25, -0.2) is 4.79 Å². The molecule has 1 fully saturated rings. The first-order valence-corrected chi connectivity index (χ1v) is 8.80. The molecule has 4 nitrogen and oxygen atoms in total. The number of carbonyl (C=O) groups is 1. The number of benzene rings is 1. The number of rotatable bonds is 5. The lowest BCUT2D eigenvalue weighted by molar-refractivity contribution is -0.676. The lowest BCUT2D eigenvalue weighted by Gasteiger charge is -2.15. The lowest BCUT2D eigenvalue weighted by atomic mass is 9.96. The van der Waals surface area contributed by atoms with E-state index >= 15 is 0 Å². The number of para-hydroxylation sites is 1. The van der Waals surface area contributed by atoms with Crippen LogP contribution in [-0.4, -0.2) is 30.1 Å². The number of quaternary nitrogens is 1. The lowest BCUT2D eigenvalue weighted by Crippen LogP contribution is -2.92. The second kappa shape index (κ2) is 6.18. The van der Waals surface area contributed by atoms with E-state index in [2.05, 4.69) is 52.2 Å². The van der Waals surface area contributed by atoms with Gasteiger partial charge in [-0.1, -0.05) is 24.3 Å². The third-order valence-electron chi connectivity index (χ3n) is 4.52. The van der Waals surface area contributed by atoms with Crippen molar-refractivity contribution in [2.24, 2.45) is 0 Å². The minimum atomic E-state index is -0.0751. The van der Waals surface area contributed by atoms with Crippen molar-refractivity contribution in [1.82, 2.24) is 4.98 Å². The Morgan fingerprint density at radius 3 is 3.00 bits per heavy atom. The molecule has 3 N–H and O–H groups in total. The summed E-state index contributed by atoms with van der Waals surface area (Å²) in [5.41, 5.74) is 2.45. The van der Waals surface area contributed by atoms with Gasteiger partial charge in [0.25, 0.3) is 0 Å². The number of esters is 1. The van der Waals surface area contributed by atoms with Crippen molar-refractivity contribution in [3.05, 3.63) is 58.4 Å². The summed E-state index contributed by atoms with van der Waals surface area (Å²) in [4.78, 5) is 16.4. The van der Waals surface area contributed by atoms with Crippen molar-refractivity contribution >= 4 is 28.2 Å². The van der Waals surface area contributed by atoms with Gasteiger partial charge in [-0.3, -0.25) is 0 Å². The second-order valence-electron chi connectivity index (χ2n) is 5.89. The number of aromatic amines is 1. The highest BCUT2D eigenvalue weighted by Gasteiger charge is 2.31. The Labute approximate surface area is 138 Å². The minimum Gasteiger partial charge on any atom is -0.461 e. The smallest absolute Gasteiger partial charge is 0.364 e. The van der Waals surface area contributed by atoms with E-state index in [4.69, 9.17) is 4.74 Å². The van der Waals surface area contributed by atoms with E-state index in [1.165, 1.54) is 15.8 Å². The molecule has 2 atom stereocenters. The quantitative estimate of drug-likeness (QED) is 0.706. The summed E-state index contributed by atoms with van der Waals surface area (Å²) < 4.78 is 5.08. The van der Waals surface area contributed by atoms with E-state index in [1.807, 2.05) is 6.07 Å². The highest BCUT2D eigenvalue weighted by molar-refractivity contribution is 7.10. The molecule has 3 aromatic rings. The molecule has 4 rings (SSSR count). The fourth-order valence-electron chi connectivity index (χ4n) is 3.29. The molecule has 0 bridgehead atoms. The predicted octanol–water partition coefficient (Wildman–Crippen LogP) is 2.24. The molecule has 0 saturated carbocycles. The standard InChI is InChI=1S/C18H18N2O2S/c21-18-16(7-8-22-18)20-11-14(17-6-3-9-23-17)13-10-19-15-5-2-1-4-12(13)15/h1-6,9-10,14,16,19-20H,7-8,11H2/p+1/t14-,16+/m1/s1. The monoisotopic (exact) mass is 327 g/mol. The van der Waals surface area contributed by atoms with Crippen LogP contribution in [0, 0.1) is 0 Å². The van der Waals surface area contributed by atoms with Crippen LogP contribution < -0.4 is 5.32 Å². The first kappa shape index (κ1) is 14.5. The zero-order valence-corrected chi connectivity index (χ0v) is 13.5. The molecule has 3 heterocycles. The van der Waals surface area contributed by atoms with E-state index in [0.29, 0.717) is 6.61 Å². The predicted molar refractivity (Wildman–Crippen MR) is 90.6 cm³/mol. The maximum atomic E-state index is 11.7. The van der Waals surface area contributed by atoms with Crippen molar-refractivity contribution in [3.63, 3.8) is 0 Å². The summed E-state index contributed by atoms with van der Waals surface area (Å²) in [5.74, 6) is 0.202. The molecule has 0 radical (unpaired) electrons. The Bertz CT molecular complexity index is 809. The van der Waals surface area contributed by atoms with Gasteiger partial charge in [0.2, 0.25) is 0 Å². The Kier molecular flexibility index (Phi) is 3.89. The topological polar surface area (TPSA) is 58.7 Å². The van der Waals surface area contributed by atoms with Crippen molar-refractivity contribution in [2.45, 2.75) is 18.4 Å². The van der Waals surface area contributed by atoms with Crippen LogP contribution in [-0.2, 0) is 9.53 Å². The van der Waals surface area contributed by atoms with Crippen molar-refractivity contribution in [3.8, 4) is 0 Å². The molecule has 0 aliphatic carbocycles. The number of nitrogens with one attached hydrogen (secondary N) is 1. The highest BCUT2D eigenvalue weighted by atomic mass is 32.1. The number of aromatic nitrogens is 1. The largest absolute Gasteiger partial charge is 0.461 e. The highest BCUT2D eigenvalue weighted by Crippen LogP contribution is 2.32. The molecule has 1 saturated heterocycles. The number of fused-ring (bicyclic) bond motifs is 1. The van der Waals surface area contributed by atoms with Gasteiger partial charge in [0.05, 0.1) is 19.1 Å². The van der Waals surface area contributed by atoms with Crippen LogP contribution in [0.15, 0.2) is 48.0 Å². The Hall–Kier alpha value is -2.11. The van der Waals surface area contributed by atoms with Crippen molar-refractivity contribution in [2.75, 3.05) is 13.2 Å². The maximum Gasteiger partial charge on any atom is 0.364 e. The van der Waals surface area contributed by atoms with E-state index in [9.17, 15) is 4.79 Å². The Morgan fingerprint density at radius 1 is 1.30 bits per heavy atom. The zero-order valence-electron chi connectivity index (χ0n) is 12.7. The summed E-state index contributed by atoms with van der Waals surface area (Å²) in [7, 11) is 0. The number of hydrogen-bond donors (Lipinski definition) is 2. The molecule has 0 amide bonds. The third kappa shape index (κ3) is 2.78. The van der Waals surface area contributed by atoms with Gasteiger partial charge in [0.1, 0.15) is 0 Å². The average Bonchev–Trinajstić information content (AvgIpc) is 3.30. The normalized spacial score (nSPS) is 19.1. The number of H-pyrrole nitrogens is 1. The Balaban J connectivity index is 1.64. The van der Waals surface area contributed by atoms with E-state index in [1.54, 1.807) is 11.3 Å². The number of nitrogens with two attached hydrogens (primary N) is 1. The van der Waals surface area contributed by atoms with Crippen LogP contribution >= 0.6 is 11.3 Å². The Morgan fingerprint density at radius 2 is 2.22 bits per heavy atom. The van der Waals surface area contributed by atoms with Gasteiger partial charge in [-0.05, 0) is 23.1 Å². The number of hydrogen-bond acceptors (Lipinski definition) is 3. The van der Waals surface area contributed by atoms with Crippen LogP contribution in [0.5, 0.6) is 0 Å².